The third kappa shape index (κ3) is 3.02. The van der Waals surface area contributed by atoms with Gasteiger partial charge >= 0.3 is 0 Å². The van der Waals surface area contributed by atoms with E-state index in [-0.39, 0.29) is 29.2 Å². The Hall–Kier alpha value is -1.39. The molecule has 6 heteroatoms. The zero-order valence-corrected chi connectivity index (χ0v) is 12.6. The van der Waals surface area contributed by atoms with E-state index in [0.29, 0.717) is 16.4 Å². The second-order valence-electron chi connectivity index (χ2n) is 4.57. The van der Waals surface area contributed by atoms with Crippen molar-refractivity contribution in [3.8, 4) is 0 Å². The monoisotopic (exact) mass is 314 g/mol. The van der Waals surface area contributed by atoms with Crippen LogP contribution < -0.4 is 0 Å². The smallest absolute Gasteiger partial charge is 0.141 e. The quantitative estimate of drug-likeness (QED) is 0.865. The van der Waals surface area contributed by atoms with Crippen molar-refractivity contribution < 1.29 is 9.18 Å². The fraction of sp³-hybridized carbons (Fsp3) is 0.286. The van der Waals surface area contributed by atoms with Crippen molar-refractivity contribution in [1.82, 2.24) is 9.78 Å². The number of halogens is 3. The van der Waals surface area contributed by atoms with Gasteiger partial charge in [0.15, 0.2) is 0 Å². The molecule has 0 unspecified atom stereocenters. The van der Waals surface area contributed by atoms with E-state index in [2.05, 4.69) is 5.10 Å². The first kappa shape index (κ1) is 15.0. The van der Waals surface area contributed by atoms with E-state index in [1.165, 1.54) is 16.8 Å². The zero-order valence-electron chi connectivity index (χ0n) is 11.1. The van der Waals surface area contributed by atoms with Gasteiger partial charge in [-0.2, -0.15) is 5.10 Å². The molecule has 1 aromatic carbocycles. The third-order valence-electron chi connectivity index (χ3n) is 3.08. The fourth-order valence-electron chi connectivity index (χ4n) is 2.03. The number of nitrogens with zero attached hydrogens (tertiary/aromatic N) is 2. The van der Waals surface area contributed by atoms with Crippen LogP contribution in [0.15, 0.2) is 18.2 Å². The Morgan fingerprint density at radius 3 is 2.50 bits per heavy atom. The predicted octanol–water partition coefficient (Wildman–Crippen LogP) is 3.53. The van der Waals surface area contributed by atoms with Crippen molar-refractivity contribution in [3.63, 3.8) is 0 Å². The van der Waals surface area contributed by atoms with Gasteiger partial charge in [-0.05, 0) is 19.1 Å². The molecule has 0 aliphatic rings. The zero-order chi connectivity index (χ0) is 14.9. The Morgan fingerprint density at radius 2 is 1.95 bits per heavy atom. The third-order valence-corrected chi connectivity index (χ3v) is 3.91. The summed E-state index contributed by atoms with van der Waals surface area (Å²) in [5, 5.41) is 4.82. The Labute approximate surface area is 126 Å². The van der Waals surface area contributed by atoms with E-state index in [0.717, 1.165) is 0 Å². The van der Waals surface area contributed by atoms with Crippen molar-refractivity contribution >= 4 is 29.0 Å². The highest BCUT2D eigenvalue weighted by Gasteiger charge is 2.17. The van der Waals surface area contributed by atoms with Crippen LogP contribution in [0.1, 0.15) is 16.8 Å². The van der Waals surface area contributed by atoms with Crippen molar-refractivity contribution in [2.75, 3.05) is 0 Å². The molecule has 0 spiro atoms. The summed E-state index contributed by atoms with van der Waals surface area (Å²) in [6.45, 7) is 1.78. The molecule has 0 saturated carbocycles. The molecule has 0 N–H and O–H groups in total. The number of rotatable bonds is 4. The standard InChI is InChI=1S/C14H13Cl2FN2O/c1-8-10(14(16)19(2)18-8)6-9(20)7-11-12(15)4-3-5-13(11)17/h3-5H,6-7H2,1-2H3. The molecule has 0 amide bonds. The van der Waals surface area contributed by atoms with Crippen LogP contribution in [0.5, 0.6) is 0 Å². The average Bonchev–Trinajstić information content (AvgIpc) is 2.61. The van der Waals surface area contributed by atoms with Gasteiger partial charge in [0.2, 0.25) is 0 Å². The topological polar surface area (TPSA) is 34.9 Å². The molecule has 0 aliphatic heterocycles. The molecule has 106 valence electrons. The van der Waals surface area contributed by atoms with Crippen LogP contribution in [0.2, 0.25) is 10.2 Å². The van der Waals surface area contributed by atoms with Crippen LogP contribution in [0.25, 0.3) is 0 Å². The second kappa shape index (κ2) is 5.94. The van der Waals surface area contributed by atoms with E-state index in [9.17, 15) is 9.18 Å². The van der Waals surface area contributed by atoms with Gasteiger partial charge in [0.25, 0.3) is 0 Å². The van der Waals surface area contributed by atoms with Gasteiger partial charge in [-0.3, -0.25) is 9.48 Å². The maximum atomic E-state index is 13.6. The molecule has 2 aromatic rings. The molecule has 1 heterocycles. The lowest BCUT2D eigenvalue weighted by Crippen LogP contribution is -2.09. The van der Waals surface area contributed by atoms with Gasteiger partial charge < -0.3 is 0 Å². The van der Waals surface area contributed by atoms with Gasteiger partial charge in [0, 0.05) is 36.0 Å². The van der Waals surface area contributed by atoms with Gasteiger partial charge in [-0.25, -0.2) is 4.39 Å². The van der Waals surface area contributed by atoms with E-state index < -0.39 is 5.82 Å². The average molecular weight is 315 g/mol. The summed E-state index contributed by atoms with van der Waals surface area (Å²) >= 11 is 12.0. The molecular formula is C14H13Cl2FN2O. The lowest BCUT2D eigenvalue weighted by molar-refractivity contribution is -0.117. The van der Waals surface area contributed by atoms with Crippen LogP contribution in [-0.4, -0.2) is 15.6 Å². The number of benzene rings is 1. The van der Waals surface area contributed by atoms with Crippen molar-refractivity contribution in [2.24, 2.45) is 7.05 Å². The summed E-state index contributed by atoms with van der Waals surface area (Å²) in [5.41, 5.74) is 1.59. The Bertz CT molecular complexity index is 647. The molecule has 0 atom stereocenters. The fourth-order valence-corrected chi connectivity index (χ4v) is 2.50. The van der Waals surface area contributed by atoms with Crippen LogP contribution in [0.4, 0.5) is 4.39 Å². The Morgan fingerprint density at radius 1 is 1.30 bits per heavy atom. The first-order chi connectivity index (χ1) is 9.40. The van der Waals surface area contributed by atoms with E-state index in [1.54, 1.807) is 20.0 Å². The number of aryl methyl sites for hydroxylation is 2. The Kier molecular flexibility index (Phi) is 4.45. The highest BCUT2D eigenvalue weighted by atomic mass is 35.5. The predicted molar refractivity (Wildman–Crippen MR) is 76.8 cm³/mol. The number of ketones is 1. The lowest BCUT2D eigenvalue weighted by Gasteiger charge is -2.05. The van der Waals surface area contributed by atoms with Crippen molar-refractivity contribution in [2.45, 2.75) is 19.8 Å². The van der Waals surface area contributed by atoms with Gasteiger partial charge in [-0.1, -0.05) is 29.3 Å². The van der Waals surface area contributed by atoms with E-state index in [1.807, 2.05) is 0 Å². The number of carbonyl (C=O) groups is 1. The first-order valence-electron chi connectivity index (χ1n) is 6.02. The first-order valence-corrected chi connectivity index (χ1v) is 6.78. The summed E-state index contributed by atoms with van der Waals surface area (Å²) in [4.78, 5) is 12.1. The SMILES string of the molecule is Cc1nn(C)c(Cl)c1CC(=O)Cc1c(F)cccc1Cl. The molecule has 0 bridgehead atoms. The highest BCUT2D eigenvalue weighted by molar-refractivity contribution is 6.31. The maximum absolute atomic E-state index is 13.6. The molecule has 20 heavy (non-hydrogen) atoms. The Balaban J connectivity index is 2.18. The maximum Gasteiger partial charge on any atom is 0.141 e. The normalized spacial score (nSPS) is 10.8. The minimum Gasteiger partial charge on any atom is -0.299 e. The summed E-state index contributed by atoms with van der Waals surface area (Å²) in [6.07, 6.45) is 0.0549. The molecule has 1 aromatic heterocycles. The molecular weight excluding hydrogens is 302 g/mol. The van der Waals surface area contributed by atoms with E-state index >= 15 is 0 Å². The molecule has 2 rings (SSSR count). The highest BCUT2D eigenvalue weighted by Crippen LogP contribution is 2.23. The van der Waals surface area contributed by atoms with E-state index in [4.69, 9.17) is 23.2 Å². The van der Waals surface area contributed by atoms with Crippen molar-refractivity contribution in [1.29, 1.82) is 0 Å². The summed E-state index contributed by atoms with van der Waals surface area (Å²) in [5.74, 6) is -0.630. The number of hydrogen-bond donors (Lipinski definition) is 0. The largest absolute Gasteiger partial charge is 0.299 e. The second-order valence-corrected chi connectivity index (χ2v) is 5.34. The summed E-state index contributed by atoms with van der Waals surface area (Å²) < 4.78 is 15.1. The van der Waals surface area contributed by atoms with Crippen LogP contribution >= 0.6 is 23.2 Å². The summed E-state index contributed by atoms with van der Waals surface area (Å²) in [6, 6.07) is 4.36. The minimum atomic E-state index is -0.472. The minimum absolute atomic E-state index is 0.0594. The number of aromatic nitrogens is 2. The molecule has 0 radical (unpaired) electrons. The van der Waals surface area contributed by atoms with Crippen LogP contribution in [0, 0.1) is 12.7 Å². The summed E-state index contributed by atoms with van der Waals surface area (Å²) in [7, 11) is 1.71. The van der Waals surface area contributed by atoms with Gasteiger partial charge in [0.1, 0.15) is 16.8 Å². The number of carbonyl (C=O) groups excluding carboxylic acids is 1. The lowest BCUT2D eigenvalue weighted by atomic mass is 10.0. The molecule has 3 nitrogen and oxygen atoms in total. The van der Waals surface area contributed by atoms with Crippen molar-refractivity contribution in [3.05, 3.63) is 51.0 Å². The van der Waals surface area contributed by atoms with Crippen LogP contribution in [-0.2, 0) is 24.7 Å². The van der Waals surface area contributed by atoms with Gasteiger partial charge in [-0.15, -0.1) is 0 Å². The molecule has 0 saturated heterocycles. The molecule has 0 aliphatic carbocycles. The number of Topliss-reactive ketones (excluding diaryl/α,β-unsaturated/α-hetero) is 1. The molecule has 0 fully saturated rings. The van der Waals surface area contributed by atoms with Crippen LogP contribution in [0.3, 0.4) is 0 Å². The number of hydrogen-bond acceptors (Lipinski definition) is 2. The van der Waals surface area contributed by atoms with Gasteiger partial charge in [0.05, 0.1) is 5.69 Å².